The van der Waals surface area contributed by atoms with Crippen molar-refractivity contribution in [1.29, 1.82) is 0 Å². The molecule has 1 heterocycles. The summed E-state index contributed by atoms with van der Waals surface area (Å²) in [6, 6.07) is 18.3. The van der Waals surface area contributed by atoms with E-state index in [1.165, 1.54) is 5.56 Å². The number of thiocarbonyl (C=S) groups is 1. The van der Waals surface area contributed by atoms with Crippen molar-refractivity contribution in [1.82, 2.24) is 15.1 Å². The summed E-state index contributed by atoms with van der Waals surface area (Å²) in [6.07, 6.45) is 3.70. The SMILES string of the molecule is COc1cccc(Cn2cc(NC(=S)NC(C)c3ccccc3)cn2)c1. The van der Waals surface area contributed by atoms with E-state index in [2.05, 4.69) is 34.8 Å². The summed E-state index contributed by atoms with van der Waals surface area (Å²) in [5.74, 6) is 0.841. The lowest BCUT2D eigenvalue weighted by Gasteiger charge is -2.16. The topological polar surface area (TPSA) is 51.1 Å². The van der Waals surface area contributed by atoms with Crippen molar-refractivity contribution in [3.05, 3.63) is 78.1 Å². The van der Waals surface area contributed by atoms with E-state index in [-0.39, 0.29) is 6.04 Å². The summed E-state index contributed by atoms with van der Waals surface area (Å²) in [4.78, 5) is 0. The van der Waals surface area contributed by atoms with E-state index in [1.807, 2.05) is 53.3 Å². The molecule has 2 N–H and O–H groups in total. The number of methoxy groups -OCH3 is 1. The molecule has 2 aromatic carbocycles. The molecule has 0 saturated heterocycles. The van der Waals surface area contributed by atoms with E-state index in [1.54, 1.807) is 13.3 Å². The number of nitrogens with zero attached hydrogens (tertiary/aromatic N) is 2. The zero-order chi connectivity index (χ0) is 18.4. The number of benzene rings is 2. The Kier molecular flexibility index (Phi) is 5.86. The van der Waals surface area contributed by atoms with Crippen molar-refractivity contribution < 1.29 is 4.74 Å². The molecule has 6 heteroatoms. The second kappa shape index (κ2) is 8.49. The Morgan fingerprint density at radius 2 is 2.00 bits per heavy atom. The largest absolute Gasteiger partial charge is 0.497 e. The summed E-state index contributed by atoms with van der Waals surface area (Å²) >= 11 is 5.41. The minimum atomic E-state index is 0.128. The number of aromatic nitrogens is 2. The molecule has 0 saturated carbocycles. The maximum absolute atomic E-state index is 5.41. The molecule has 0 spiro atoms. The van der Waals surface area contributed by atoms with Crippen molar-refractivity contribution in [2.75, 3.05) is 12.4 Å². The number of rotatable bonds is 6. The van der Waals surface area contributed by atoms with Gasteiger partial charge >= 0.3 is 0 Å². The maximum atomic E-state index is 5.41. The number of nitrogens with one attached hydrogen (secondary N) is 2. The van der Waals surface area contributed by atoms with E-state index in [0.29, 0.717) is 11.7 Å². The first-order chi connectivity index (χ1) is 12.6. The van der Waals surface area contributed by atoms with Gasteiger partial charge in [-0.1, -0.05) is 42.5 Å². The summed E-state index contributed by atoms with van der Waals surface area (Å²) in [5, 5.41) is 11.4. The third kappa shape index (κ3) is 4.83. The van der Waals surface area contributed by atoms with Crippen molar-refractivity contribution in [2.45, 2.75) is 19.5 Å². The van der Waals surface area contributed by atoms with Gasteiger partial charge in [0.15, 0.2) is 5.11 Å². The predicted molar refractivity (Wildman–Crippen MR) is 109 cm³/mol. The first-order valence-electron chi connectivity index (χ1n) is 8.42. The molecule has 0 bridgehead atoms. The normalized spacial score (nSPS) is 11.6. The molecule has 0 radical (unpaired) electrons. The molecule has 134 valence electrons. The van der Waals surface area contributed by atoms with Crippen LogP contribution < -0.4 is 15.4 Å². The van der Waals surface area contributed by atoms with Crippen LogP contribution in [-0.4, -0.2) is 22.0 Å². The Morgan fingerprint density at radius 1 is 1.19 bits per heavy atom. The molecule has 1 atom stereocenters. The first-order valence-corrected chi connectivity index (χ1v) is 8.83. The molecule has 5 nitrogen and oxygen atoms in total. The highest BCUT2D eigenvalue weighted by molar-refractivity contribution is 7.80. The van der Waals surface area contributed by atoms with Crippen LogP contribution in [0.25, 0.3) is 0 Å². The number of anilines is 1. The molecule has 26 heavy (non-hydrogen) atoms. The maximum Gasteiger partial charge on any atom is 0.171 e. The smallest absolute Gasteiger partial charge is 0.171 e. The first kappa shape index (κ1) is 17.9. The summed E-state index contributed by atoms with van der Waals surface area (Å²) < 4.78 is 7.12. The lowest BCUT2D eigenvalue weighted by molar-refractivity contribution is 0.414. The molecule has 3 rings (SSSR count). The average Bonchev–Trinajstić information content (AvgIpc) is 3.09. The van der Waals surface area contributed by atoms with Gasteiger partial charge in [-0.3, -0.25) is 4.68 Å². The van der Waals surface area contributed by atoms with E-state index < -0.39 is 0 Å². The standard InChI is InChI=1S/C20H22N4OS/c1-15(17-8-4-3-5-9-17)22-20(26)23-18-12-21-24(14-18)13-16-7-6-10-19(11-16)25-2/h3-12,14-15H,13H2,1-2H3,(H2,22,23,26). The third-order valence-electron chi connectivity index (χ3n) is 4.02. The van der Waals surface area contributed by atoms with Gasteiger partial charge in [0.25, 0.3) is 0 Å². The molecule has 0 aliphatic rings. The molecule has 1 unspecified atom stereocenters. The van der Waals surface area contributed by atoms with Crippen LogP contribution in [0.3, 0.4) is 0 Å². The van der Waals surface area contributed by atoms with Gasteiger partial charge in [-0.15, -0.1) is 0 Å². The van der Waals surface area contributed by atoms with Gasteiger partial charge in [-0.2, -0.15) is 5.10 Å². The lowest BCUT2D eigenvalue weighted by atomic mass is 10.1. The van der Waals surface area contributed by atoms with Crippen LogP contribution in [-0.2, 0) is 6.54 Å². The Labute approximate surface area is 159 Å². The monoisotopic (exact) mass is 366 g/mol. The molecule has 0 aliphatic carbocycles. The zero-order valence-corrected chi connectivity index (χ0v) is 15.7. The Morgan fingerprint density at radius 3 is 2.77 bits per heavy atom. The van der Waals surface area contributed by atoms with E-state index in [4.69, 9.17) is 17.0 Å². The highest BCUT2D eigenvalue weighted by atomic mass is 32.1. The highest BCUT2D eigenvalue weighted by Gasteiger charge is 2.08. The fraction of sp³-hybridized carbons (Fsp3) is 0.200. The van der Waals surface area contributed by atoms with Gasteiger partial charge in [0.2, 0.25) is 0 Å². The van der Waals surface area contributed by atoms with Gasteiger partial charge in [-0.25, -0.2) is 0 Å². The highest BCUT2D eigenvalue weighted by Crippen LogP contribution is 2.15. The van der Waals surface area contributed by atoms with Gasteiger partial charge in [0.05, 0.1) is 31.6 Å². The summed E-state index contributed by atoms with van der Waals surface area (Å²) in [6.45, 7) is 2.75. The summed E-state index contributed by atoms with van der Waals surface area (Å²) in [7, 11) is 1.67. The Balaban J connectivity index is 1.56. The van der Waals surface area contributed by atoms with Crippen molar-refractivity contribution in [2.24, 2.45) is 0 Å². The number of ether oxygens (including phenoxy) is 1. The van der Waals surface area contributed by atoms with Gasteiger partial charge in [0, 0.05) is 6.20 Å². The van der Waals surface area contributed by atoms with Crippen LogP contribution in [0.5, 0.6) is 5.75 Å². The third-order valence-corrected chi connectivity index (χ3v) is 4.24. The fourth-order valence-corrected chi connectivity index (χ4v) is 2.96. The van der Waals surface area contributed by atoms with Crippen LogP contribution >= 0.6 is 12.2 Å². The van der Waals surface area contributed by atoms with Crippen LogP contribution in [0.4, 0.5) is 5.69 Å². The Hall–Kier alpha value is -2.86. The van der Waals surface area contributed by atoms with Gasteiger partial charge in [0.1, 0.15) is 5.75 Å². The van der Waals surface area contributed by atoms with Gasteiger partial charge < -0.3 is 15.4 Å². The predicted octanol–water partition coefficient (Wildman–Crippen LogP) is 3.99. The molecule has 1 aromatic heterocycles. The molecular weight excluding hydrogens is 344 g/mol. The fourth-order valence-electron chi connectivity index (χ4n) is 2.66. The van der Waals surface area contributed by atoms with Crippen LogP contribution in [0.15, 0.2) is 67.0 Å². The van der Waals surface area contributed by atoms with Gasteiger partial charge in [-0.05, 0) is 42.4 Å². The summed E-state index contributed by atoms with van der Waals surface area (Å²) in [5.41, 5.74) is 3.16. The molecule has 0 aliphatic heterocycles. The van der Waals surface area contributed by atoms with Crippen molar-refractivity contribution in [3.63, 3.8) is 0 Å². The number of hydrogen-bond donors (Lipinski definition) is 2. The zero-order valence-electron chi connectivity index (χ0n) is 14.8. The Bertz CT molecular complexity index is 863. The second-order valence-electron chi connectivity index (χ2n) is 6.01. The van der Waals surface area contributed by atoms with Crippen LogP contribution in [0.2, 0.25) is 0 Å². The minimum absolute atomic E-state index is 0.128. The van der Waals surface area contributed by atoms with Crippen molar-refractivity contribution in [3.8, 4) is 5.75 Å². The van der Waals surface area contributed by atoms with E-state index >= 15 is 0 Å². The van der Waals surface area contributed by atoms with Crippen LogP contribution in [0.1, 0.15) is 24.1 Å². The molecule has 3 aromatic rings. The van der Waals surface area contributed by atoms with E-state index in [9.17, 15) is 0 Å². The number of hydrogen-bond acceptors (Lipinski definition) is 3. The average molecular weight is 366 g/mol. The quantitative estimate of drug-likeness (QED) is 0.646. The molecule has 0 amide bonds. The van der Waals surface area contributed by atoms with Crippen molar-refractivity contribution >= 4 is 23.0 Å². The van der Waals surface area contributed by atoms with Crippen LogP contribution in [0, 0.1) is 0 Å². The molecule has 0 fully saturated rings. The second-order valence-corrected chi connectivity index (χ2v) is 6.42. The van der Waals surface area contributed by atoms with E-state index in [0.717, 1.165) is 17.0 Å². The minimum Gasteiger partial charge on any atom is -0.497 e. The molecular formula is C20H22N4OS. The lowest BCUT2D eigenvalue weighted by Crippen LogP contribution is -2.30.